The lowest BCUT2D eigenvalue weighted by molar-refractivity contribution is -0.260. The third kappa shape index (κ3) is 3.07. The third-order valence-electron chi connectivity index (χ3n) is 6.15. The first-order chi connectivity index (χ1) is 13.6. The molecule has 0 atom stereocenters. The van der Waals surface area contributed by atoms with Crippen molar-refractivity contribution >= 4 is 27.9 Å². The van der Waals surface area contributed by atoms with E-state index in [1.54, 1.807) is 7.11 Å². The molecule has 1 saturated heterocycles. The van der Waals surface area contributed by atoms with Gasteiger partial charge in [-0.3, -0.25) is 4.79 Å². The zero-order valence-corrected chi connectivity index (χ0v) is 16.7. The summed E-state index contributed by atoms with van der Waals surface area (Å²) in [5, 5.41) is 4.63. The number of hydrogen-bond acceptors (Lipinski definition) is 6. The molecule has 1 aliphatic heterocycles. The Kier molecular flexibility index (Phi) is 4.34. The molecule has 148 valence electrons. The number of methoxy groups -OCH3 is 1. The molecule has 0 unspecified atom stereocenters. The molecular formula is C21H24N2O4S. The maximum atomic E-state index is 12.6. The van der Waals surface area contributed by atoms with Crippen LogP contribution in [0.2, 0.25) is 0 Å². The minimum atomic E-state index is -0.212. The zero-order chi connectivity index (χ0) is 19.2. The number of nitrogens with one attached hydrogen (secondary N) is 1. The molecule has 1 aromatic carbocycles. The molecule has 6 rings (SSSR count). The zero-order valence-electron chi connectivity index (χ0n) is 15.9. The molecule has 2 heterocycles. The van der Waals surface area contributed by atoms with Gasteiger partial charge in [-0.05, 0) is 55.7 Å². The van der Waals surface area contributed by atoms with Crippen molar-refractivity contribution in [1.29, 1.82) is 0 Å². The van der Waals surface area contributed by atoms with Gasteiger partial charge in [-0.15, -0.1) is 0 Å². The topological polar surface area (TPSA) is 60.0 Å². The standard InChI is InChI=1S/C21H24N2O4S/c1-25-21-12-20(13-21,14-21)19(24)22-17-6-7-18(28-17)27-16-4-2-15(3-5-16)23-8-10-26-11-9-23/h2-7H,8-14H2,1H3,(H,22,24). The summed E-state index contributed by atoms with van der Waals surface area (Å²) in [6.07, 6.45) is 2.52. The normalized spacial score (nSPS) is 28.2. The lowest BCUT2D eigenvalue weighted by Crippen LogP contribution is -2.72. The van der Waals surface area contributed by atoms with Crippen molar-refractivity contribution in [1.82, 2.24) is 0 Å². The van der Waals surface area contributed by atoms with Crippen molar-refractivity contribution in [3.05, 3.63) is 36.4 Å². The molecule has 1 N–H and O–H groups in total. The second-order valence-corrected chi connectivity index (χ2v) is 9.01. The fourth-order valence-corrected chi connectivity index (χ4v) is 5.27. The van der Waals surface area contributed by atoms with Crippen molar-refractivity contribution < 1.29 is 19.0 Å². The molecule has 0 spiro atoms. The maximum absolute atomic E-state index is 12.6. The first-order valence-corrected chi connectivity index (χ1v) is 10.5. The largest absolute Gasteiger partial charge is 0.447 e. The van der Waals surface area contributed by atoms with E-state index in [9.17, 15) is 4.79 Å². The van der Waals surface area contributed by atoms with Gasteiger partial charge in [0.15, 0.2) is 5.06 Å². The van der Waals surface area contributed by atoms with Gasteiger partial charge in [0.1, 0.15) is 5.75 Å². The van der Waals surface area contributed by atoms with Crippen LogP contribution in [0.1, 0.15) is 19.3 Å². The van der Waals surface area contributed by atoms with E-state index >= 15 is 0 Å². The predicted molar refractivity (Wildman–Crippen MR) is 109 cm³/mol. The van der Waals surface area contributed by atoms with Crippen molar-refractivity contribution in [3.63, 3.8) is 0 Å². The Labute approximate surface area is 168 Å². The predicted octanol–water partition coefficient (Wildman–Crippen LogP) is 3.88. The van der Waals surface area contributed by atoms with Crippen LogP contribution in [-0.4, -0.2) is 44.9 Å². The number of carbonyl (C=O) groups excluding carboxylic acids is 1. The van der Waals surface area contributed by atoms with Crippen LogP contribution in [0.4, 0.5) is 10.7 Å². The number of thiophene rings is 1. The maximum Gasteiger partial charge on any atom is 0.231 e. The molecule has 7 heteroatoms. The number of carbonyl (C=O) groups is 1. The van der Waals surface area contributed by atoms with Gasteiger partial charge in [-0.1, -0.05) is 11.3 Å². The van der Waals surface area contributed by atoms with E-state index in [0.717, 1.165) is 61.4 Å². The van der Waals surface area contributed by atoms with Crippen LogP contribution >= 0.6 is 11.3 Å². The van der Waals surface area contributed by atoms with Crippen molar-refractivity contribution in [2.45, 2.75) is 24.9 Å². The first kappa shape index (κ1) is 18.0. The quantitative estimate of drug-likeness (QED) is 0.797. The Hall–Kier alpha value is -2.09. The van der Waals surface area contributed by atoms with Gasteiger partial charge in [-0.25, -0.2) is 0 Å². The lowest BCUT2D eigenvalue weighted by Gasteiger charge is -2.67. The summed E-state index contributed by atoms with van der Waals surface area (Å²) >= 11 is 1.45. The van der Waals surface area contributed by atoms with Crippen LogP contribution in [0.15, 0.2) is 36.4 Å². The molecule has 1 aromatic heterocycles. The Bertz CT molecular complexity index is 853. The van der Waals surface area contributed by atoms with Crippen LogP contribution in [0.5, 0.6) is 10.8 Å². The molecule has 28 heavy (non-hydrogen) atoms. The summed E-state index contributed by atoms with van der Waals surface area (Å²) in [4.78, 5) is 14.9. The van der Waals surface area contributed by atoms with Crippen molar-refractivity contribution in [3.8, 4) is 10.8 Å². The van der Waals surface area contributed by atoms with Crippen LogP contribution in [-0.2, 0) is 14.3 Å². The Morgan fingerprint density at radius 2 is 1.82 bits per heavy atom. The smallest absolute Gasteiger partial charge is 0.231 e. The Morgan fingerprint density at radius 1 is 1.11 bits per heavy atom. The van der Waals surface area contributed by atoms with E-state index in [1.807, 2.05) is 24.3 Å². The average Bonchev–Trinajstić information content (AvgIpc) is 3.08. The van der Waals surface area contributed by atoms with Gasteiger partial charge in [-0.2, -0.15) is 0 Å². The van der Waals surface area contributed by atoms with Gasteiger partial charge >= 0.3 is 0 Å². The molecule has 3 saturated carbocycles. The molecule has 1 amide bonds. The average molecular weight is 401 g/mol. The summed E-state index contributed by atoms with van der Waals surface area (Å²) < 4.78 is 16.8. The number of benzene rings is 1. The molecule has 6 nitrogen and oxygen atoms in total. The summed E-state index contributed by atoms with van der Waals surface area (Å²) in [6, 6.07) is 11.9. The van der Waals surface area contributed by atoms with E-state index in [-0.39, 0.29) is 16.9 Å². The van der Waals surface area contributed by atoms with Crippen LogP contribution < -0.4 is 15.0 Å². The highest BCUT2D eigenvalue weighted by Gasteiger charge is 2.72. The number of morpholine rings is 1. The molecule has 3 aliphatic carbocycles. The molecule has 2 bridgehead atoms. The van der Waals surface area contributed by atoms with E-state index in [1.165, 1.54) is 17.0 Å². The fraction of sp³-hybridized carbons (Fsp3) is 0.476. The fourth-order valence-electron chi connectivity index (χ4n) is 4.50. The Balaban J connectivity index is 1.17. The van der Waals surface area contributed by atoms with E-state index in [2.05, 4.69) is 22.3 Å². The highest BCUT2D eigenvalue weighted by Crippen LogP contribution is 2.69. The van der Waals surface area contributed by atoms with Crippen LogP contribution in [0.3, 0.4) is 0 Å². The van der Waals surface area contributed by atoms with Gasteiger partial charge in [0.2, 0.25) is 5.91 Å². The van der Waals surface area contributed by atoms with Crippen LogP contribution in [0.25, 0.3) is 0 Å². The molecule has 4 aliphatic rings. The highest BCUT2D eigenvalue weighted by molar-refractivity contribution is 7.18. The summed E-state index contributed by atoms with van der Waals surface area (Å²) in [6.45, 7) is 3.38. The SMILES string of the molecule is COC12CC(C(=O)Nc3ccc(Oc4ccc(N5CCOCC5)cc4)s3)(C1)C2. The monoisotopic (exact) mass is 400 g/mol. The van der Waals surface area contributed by atoms with Crippen molar-refractivity contribution in [2.75, 3.05) is 43.6 Å². The number of hydrogen-bond donors (Lipinski definition) is 1. The number of amides is 1. The van der Waals surface area contributed by atoms with Crippen molar-refractivity contribution in [2.24, 2.45) is 5.41 Å². The Morgan fingerprint density at radius 3 is 2.50 bits per heavy atom. The second kappa shape index (κ2) is 6.76. The van der Waals surface area contributed by atoms with E-state index in [0.29, 0.717) is 0 Å². The minimum absolute atomic E-state index is 0.0194. The second-order valence-electron chi connectivity index (χ2n) is 7.97. The lowest BCUT2D eigenvalue weighted by atomic mass is 9.41. The van der Waals surface area contributed by atoms with E-state index in [4.69, 9.17) is 14.2 Å². The van der Waals surface area contributed by atoms with Gasteiger partial charge in [0, 0.05) is 25.9 Å². The third-order valence-corrected chi connectivity index (χ3v) is 7.02. The molecule has 2 aromatic rings. The molecule has 4 fully saturated rings. The summed E-state index contributed by atoms with van der Waals surface area (Å²) in [5.41, 5.74) is 0.951. The van der Waals surface area contributed by atoms with E-state index < -0.39 is 0 Å². The van der Waals surface area contributed by atoms with Gasteiger partial charge in [0.05, 0.1) is 29.2 Å². The summed E-state index contributed by atoms with van der Waals surface area (Å²) in [7, 11) is 1.73. The number of anilines is 2. The highest BCUT2D eigenvalue weighted by atomic mass is 32.1. The number of rotatable bonds is 6. The minimum Gasteiger partial charge on any atom is -0.447 e. The summed E-state index contributed by atoms with van der Waals surface area (Å²) in [5.74, 6) is 0.896. The van der Waals surface area contributed by atoms with Gasteiger partial charge < -0.3 is 24.4 Å². The first-order valence-electron chi connectivity index (χ1n) is 9.67. The van der Waals surface area contributed by atoms with Crippen LogP contribution in [0, 0.1) is 5.41 Å². The number of nitrogens with zero attached hydrogens (tertiary/aromatic N) is 1. The molecule has 0 radical (unpaired) electrons. The molecular weight excluding hydrogens is 376 g/mol. The number of ether oxygens (including phenoxy) is 3. The van der Waals surface area contributed by atoms with Gasteiger partial charge in [0.25, 0.3) is 0 Å².